The van der Waals surface area contributed by atoms with E-state index in [1.807, 2.05) is 36.4 Å². The van der Waals surface area contributed by atoms with Crippen LogP contribution in [-0.2, 0) is 112 Å². The molecule has 0 bridgehead atoms. The van der Waals surface area contributed by atoms with Crippen LogP contribution in [0.1, 0.15) is 133 Å². The zero-order valence-corrected chi connectivity index (χ0v) is 75.9. The molecule has 546 valence electrons. The summed E-state index contributed by atoms with van der Waals surface area (Å²) in [5.41, 5.74) is 0.587. The number of alkyl halides is 6. The fourth-order valence-electron chi connectivity index (χ4n) is 9.22. The predicted octanol–water partition coefficient (Wildman–Crippen LogP) is 4.70. The van der Waals surface area contributed by atoms with Crippen LogP contribution in [0.4, 0.5) is 26.3 Å². The van der Waals surface area contributed by atoms with Crippen molar-refractivity contribution in [1.82, 2.24) is 14.7 Å². The maximum atomic E-state index is 12.9. The number of imide groups is 3. The van der Waals surface area contributed by atoms with E-state index in [0.717, 1.165) is 51.4 Å². The third kappa shape index (κ3) is 27.7. The monoisotopic (exact) mass is 2240 g/mol. The standard InChI is InChI=1S/C15H13NO2.2C11H15F2O7S.C7H9F2O7S.C7H11NO2.C6H9NO2.3Rf/c17-14-6-3-9-16(14)15(18)13-8-7-11-4-1-2-5-12(11)10-13;2*1-19-9(14)7-4-2-3-5-8(7)10(15)20-6-11(12,13)21(16,17)18;1-15-5(10)2-3-6(11)16-4-7(8,9)17(12,13)14;1-2-6(9)8-5-3-4-7(8)10;1-5(8)7-4-2-3-6(7)9;;;/h1-2,4-5,7-8,10H,3,6,9H2;2*6-8H,2-5H2,1H3,(H,16,17,18);4H,2-3H2,1H3,(H,12,13,14);2-5H2,1H3;2-4H2,1H3;;;/q;3*-1;;;;;/p-3. The Bertz CT molecular complexity index is 3390. The summed E-state index contributed by atoms with van der Waals surface area (Å²) in [6.45, 7) is 3.08. The number of likely N-dealkylation sites (tertiary alicyclic amines) is 3. The fraction of sp³-hybridized carbons (Fsp3) is 0.561. The second-order valence-corrected chi connectivity index (χ2v) is 25.3. The van der Waals surface area contributed by atoms with Gasteiger partial charge in [0.05, 0.1) is 57.8 Å². The van der Waals surface area contributed by atoms with E-state index in [1.54, 1.807) is 13.0 Å². The molecule has 3 saturated heterocycles. The number of rotatable bonds is 18. The van der Waals surface area contributed by atoms with Crippen molar-refractivity contribution in [1.29, 1.82) is 0 Å². The van der Waals surface area contributed by atoms with Crippen LogP contribution in [0.25, 0.3) is 10.8 Å². The zero-order valence-electron chi connectivity index (χ0n) is 54.2. The maximum absolute atomic E-state index is 12.9. The number of esters is 6. The first-order valence-electron chi connectivity index (χ1n) is 28.9. The van der Waals surface area contributed by atoms with Gasteiger partial charge in [-0.3, -0.25) is 72.2 Å². The summed E-state index contributed by atoms with van der Waals surface area (Å²) in [5, 5.41) is -12.3. The molecule has 3 heterocycles. The first kappa shape index (κ1) is 90.3. The van der Waals surface area contributed by atoms with Crippen LogP contribution in [0.5, 0.6) is 0 Å². The quantitative estimate of drug-likeness (QED) is 0.0487. The second kappa shape index (κ2) is 40.1. The molecule has 99 heavy (non-hydrogen) atoms. The van der Waals surface area contributed by atoms with Crippen LogP contribution in [0.3, 0.4) is 0 Å². The third-order valence-corrected chi connectivity index (χ3v) is 16.6. The van der Waals surface area contributed by atoms with Crippen LogP contribution in [0.15, 0.2) is 42.5 Å². The largest absolute Gasteiger partial charge is 0.746 e. The number of nitrogens with zero attached hydrogens (tertiary/aromatic N) is 3. The van der Waals surface area contributed by atoms with E-state index < -0.39 is 138 Å². The molecule has 4 atom stereocenters. The van der Waals surface area contributed by atoms with Crippen molar-refractivity contribution in [3.05, 3.63) is 67.8 Å². The summed E-state index contributed by atoms with van der Waals surface area (Å²) >= 11 is 0. The summed E-state index contributed by atoms with van der Waals surface area (Å²) in [5.74, 6) is -9.89. The van der Waals surface area contributed by atoms with Gasteiger partial charge < -0.3 is 42.1 Å². The van der Waals surface area contributed by atoms with E-state index >= 15 is 0 Å². The van der Waals surface area contributed by atoms with Crippen LogP contribution in [0.2, 0.25) is 0 Å². The topological polar surface area (TPSA) is 442 Å². The predicted molar refractivity (Wildman–Crippen MR) is 308 cm³/mol. The van der Waals surface area contributed by atoms with Gasteiger partial charge in [-0.1, -0.05) is 82.8 Å². The molecule has 42 heteroatoms. The van der Waals surface area contributed by atoms with Gasteiger partial charge in [-0.15, -0.1) is 0 Å². The van der Waals surface area contributed by atoms with E-state index in [1.165, 1.54) is 21.6 Å². The van der Waals surface area contributed by atoms with Gasteiger partial charge >= 0.3 is 17.9 Å². The molecule has 5 fully saturated rings. The minimum Gasteiger partial charge on any atom is -0.746 e. The minimum atomic E-state index is -5.97. The number of carbonyl (C=O) groups is 12. The Morgan fingerprint density at radius 2 is 0.828 bits per heavy atom. The summed E-state index contributed by atoms with van der Waals surface area (Å²) in [4.78, 5) is 139. The molecular formula is C57H69F6N3O27Rf3S3-6. The van der Waals surface area contributed by atoms with Crippen molar-refractivity contribution < 1.29 is 151 Å². The van der Waals surface area contributed by atoms with E-state index in [9.17, 15) is 123 Å². The van der Waals surface area contributed by atoms with Gasteiger partial charge in [0.1, 0.15) is 30.4 Å². The number of methoxy groups -OCH3 is 3. The molecule has 2 aliphatic carbocycles. The van der Waals surface area contributed by atoms with Crippen LogP contribution in [0, 0.1) is 43.5 Å². The molecule has 30 nitrogen and oxygen atoms in total. The van der Waals surface area contributed by atoms with E-state index in [2.05, 4.69) is 28.4 Å². The van der Waals surface area contributed by atoms with Crippen LogP contribution < -0.4 is 0 Å². The Morgan fingerprint density at radius 3 is 1.15 bits per heavy atom. The molecule has 2 aromatic carbocycles. The van der Waals surface area contributed by atoms with Crippen molar-refractivity contribution in [2.24, 2.45) is 23.7 Å². The summed E-state index contributed by atoms with van der Waals surface area (Å²) in [6, 6.07) is 13.4. The molecule has 0 spiro atoms. The second-order valence-electron chi connectivity index (χ2n) is 21.0. The molecule has 0 radical (unpaired) electrons. The van der Waals surface area contributed by atoms with Gasteiger partial charge in [0, 0.05) is 57.8 Å². The van der Waals surface area contributed by atoms with E-state index in [-0.39, 0.29) is 48.3 Å². The molecule has 4 unspecified atom stereocenters. The zero-order chi connectivity index (χ0) is 73.2. The van der Waals surface area contributed by atoms with Crippen molar-refractivity contribution in [2.45, 2.75) is 139 Å². The molecule has 0 aromatic heterocycles. The summed E-state index contributed by atoms with van der Waals surface area (Å²) < 4.78 is 193. The van der Waals surface area contributed by atoms with Gasteiger partial charge in [0.15, 0.2) is 0 Å². The molecule has 6 amide bonds. The van der Waals surface area contributed by atoms with Gasteiger partial charge in [-0.25, -0.2) is 51.6 Å². The third-order valence-electron chi connectivity index (χ3n) is 14.3. The number of hydrogen-bond acceptors (Lipinski definition) is 27. The Kier molecular flexibility index (Phi) is 36.6. The summed E-state index contributed by atoms with van der Waals surface area (Å²) in [7, 11) is -14.6. The van der Waals surface area contributed by atoms with Gasteiger partial charge in [-0.2, -0.15) is 0 Å². The molecule has 3 aliphatic heterocycles. The smallest absolute Gasteiger partial charge is 0.309 e. The number of ether oxygens (including phenoxy) is 6. The number of benzene rings is 2. The van der Waals surface area contributed by atoms with Crippen molar-refractivity contribution in [3.63, 3.8) is 0 Å². The van der Waals surface area contributed by atoms with Crippen molar-refractivity contribution in [3.8, 4) is 0 Å². The average molecular weight is 2240 g/mol. The SMILES string of the molecule is CC(=O)N1CCCC1=O.CCC(=O)N1CCCC1=O.COC(=O)C1CCCCC1C(=O)O[CH-]C(F)(F)S(=O)(=O)[O-].COC(=O)C1CCCCC1C(=O)O[CH-]C(F)(F)S(=O)(=O)[O-].COC(=O)CCC(=O)O[CH-]C(F)(F)S(=O)(=O)[O-].O=C1CCCN1C(=O)c1ccc2ccccc2c1.[Rf].[Rf].[Rf]. The molecule has 2 aromatic rings. The van der Waals surface area contributed by atoms with Gasteiger partial charge in [-0.05, 0) is 67.9 Å². The van der Waals surface area contributed by atoms with Gasteiger partial charge in [0.2, 0.25) is 29.5 Å². The van der Waals surface area contributed by atoms with Crippen LogP contribution in [-0.4, -0.2) is 182 Å². The fourth-order valence-corrected chi connectivity index (χ4v) is 9.72. The molecule has 2 saturated carbocycles. The number of amides is 6. The van der Waals surface area contributed by atoms with Crippen LogP contribution >= 0.6 is 0 Å². The first-order chi connectivity index (χ1) is 44.5. The van der Waals surface area contributed by atoms with Gasteiger partial charge in [0.25, 0.3) is 39.6 Å². The first-order valence-corrected chi connectivity index (χ1v) is 33.1. The Labute approximate surface area is 547 Å². The average Bonchev–Trinajstić information content (AvgIpc) is 1.19. The number of hydrogen-bond donors (Lipinski definition) is 0. The minimum absolute atomic E-state index is 0. The molecule has 0 N–H and O–H groups in total. The Hall–Kier alpha value is -10.8. The molecular weight excluding hydrogens is 2170 g/mol. The Balaban J connectivity index is 0. The number of halogens is 6. The van der Waals surface area contributed by atoms with Crippen molar-refractivity contribution in [2.75, 3.05) is 41.0 Å². The maximum Gasteiger partial charge on any atom is 0.309 e. The van der Waals surface area contributed by atoms with Crippen molar-refractivity contribution >= 4 is 112 Å². The molecule has 7 rings (SSSR count). The molecule has 5 aliphatic rings. The van der Waals surface area contributed by atoms with E-state index in [4.69, 9.17) is 0 Å². The van der Waals surface area contributed by atoms with E-state index in [0.29, 0.717) is 89.4 Å². The number of carbonyl (C=O) groups excluding carboxylic acids is 12. The number of fused-ring (bicyclic) bond motifs is 1. The Morgan fingerprint density at radius 1 is 0.485 bits per heavy atom. The summed E-state index contributed by atoms with van der Waals surface area (Å²) in [6.07, 6.45) is 7.08. The normalized spacial score (nSPS) is 18.3.